The standard InChI is InChI=1S/C16H8N2O2/c1-3-7-11-9(5-1)13-15(19-11)18-14-10-6-2-4-8-12(10)20-16(14)17-13/h1-8H. The summed E-state index contributed by atoms with van der Waals surface area (Å²) in [6.07, 6.45) is 0. The first kappa shape index (κ1) is 9.97. The highest BCUT2D eigenvalue weighted by atomic mass is 16.4. The van der Waals surface area contributed by atoms with Crippen LogP contribution in [0, 0.1) is 0 Å². The molecule has 0 unspecified atom stereocenters. The summed E-state index contributed by atoms with van der Waals surface area (Å²) in [7, 11) is 0. The first-order valence-electron chi connectivity index (χ1n) is 6.37. The Morgan fingerprint density at radius 1 is 0.600 bits per heavy atom. The van der Waals surface area contributed by atoms with Gasteiger partial charge in [0.2, 0.25) is 11.4 Å². The lowest BCUT2D eigenvalue weighted by Gasteiger charge is -1.88. The van der Waals surface area contributed by atoms with Gasteiger partial charge in [0.15, 0.2) is 0 Å². The lowest BCUT2D eigenvalue weighted by atomic mass is 10.2. The van der Waals surface area contributed by atoms with E-state index in [9.17, 15) is 0 Å². The summed E-state index contributed by atoms with van der Waals surface area (Å²) < 4.78 is 11.5. The van der Waals surface area contributed by atoms with Crippen molar-refractivity contribution in [2.75, 3.05) is 0 Å². The molecule has 3 heterocycles. The summed E-state index contributed by atoms with van der Waals surface area (Å²) in [6, 6.07) is 15.6. The molecular weight excluding hydrogens is 252 g/mol. The Labute approximate surface area is 112 Å². The second-order valence-electron chi connectivity index (χ2n) is 4.73. The van der Waals surface area contributed by atoms with Gasteiger partial charge in [-0.15, -0.1) is 0 Å². The highest BCUT2D eigenvalue weighted by Gasteiger charge is 2.15. The van der Waals surface area contributed by atoms with Gasteiger partial charge in [0, 0.05) is 10.8 Å². The molecule has 4 nitrogen and oxygen atoms in total. The van der Waals surface area contributed by atoms with Gasteiger partial charge >= 0.3 is 0 Å². The third-order valence-corrected chi connectivity index (χ3v) is 3.53. The van der Waals surface area contributed by atoms with E-state index in [1.165, 1.54) is 0 Å². The lowest BCUT2D eigenvalue weighted by molar-refractivity contribution is 0.644. The van der Waals surface area contributed by atoms with Crippen LogP contribution >= 0.6 is 0 Å². The summed E-state index contributed by atoms with van der Waals surface area (Å²) >= 11 is 0. The van der Waals surface area contributed by atoms with Gasteiger partial charge in [-0.05, 0) is 24.3 Å². The van der Waals surface area contributed by atoms with Gasteiger partial charge in [-0.2, -0.15) is 0 Å². The smallest absolute Gasteiger partial charge is 0.247 e. The van der Waals surface area contributed by atoms with E-state index in [1.807, 2.05) is 48.5 Å². The molecule has 2 aromatic carbocycles. The van der Waals surface area contributed by atoms with Crippen molar-refractivity contribution in [3.8, 4) is 0 Å². The van der Waals surface area contributed by atoms with E-state index in [-0.39, 0.29) is 0 Å². The number of nitrogens with zero attached hydrogens (tertiary/aromatic N) is 2. The SMILES string of the molecule is c1ccc2c(c1)oc1nc3c(nc12)oc1ccccc13. The fraction of sp³-hybridized carbons (Fsp3) is 0. The zero-order valence-electron chi connectivity index (χ0n) is 10.3. The lowest BCUT2D eigenvalue weighted by Crippen LogP contribution is -1.80. The second kappa shape index (κ2) is 3.36. The third-order valence-electron chi connectivity index (χ3n) is 3.53. The molecule has 0 fully saturated rings. The molecule has 0 aliphatic rings. The summed E-state index contributed by atoms with van der Waals surface area (Å²) in [5.41, 5.74) is 4.16. The molecule has 20 heavy (non-hydrogen) atoms. The predicted molar refractivity (Wildman–Crippen MR) is 76.6 cm³/mol. The Morgan fingerprint density at radius 3 is 1.55 bits per heavy atom. The Hall–Kier alpha value is -2.88. The van der Waals surface area contributed by atoms with Crippen LogP contribution in [0.25, 0.3) is 44.4 Å². The zero-order valence-corrected chi connectivity index (χ0v) is 10.3. The number of hydrogen-bond acceptors (Lipinski definition) is 4. The molecule has 0 saturated heterocycles. The van der Waals surface area contributed by atoms with E-state index in [4.69, 9.17) is 8.83 Å². The van der Waals surface area contributed by atoms with E-state index < -0.39 is 0 Å². The topological polar surface area (TPSA) is 52.1 Å². The maximum atomic E-state index is 5.76. The number of aromatic nitrogens is 2. The molecule has 0 saturated carbocycles. The average molecular weight is 260 g/mol. The molecule has 0 aliphatic carbocycles. The van der Waals surface area contributed by atoms with Crippen molar-refractivity contribution < 1.29 is 8.83 Å². The largest absolute Gasteiger partial charge is 0.436 e. The maximum absolute atomic E-state index is 5.76. The fourth-order valence-corrected chi connectivity index (χ4v) is 2.61. The van der Waals surface area contributed by atoms with Crippen molar-refractivity contribution in [2.24, 2.45) is 0 Å². The molecule has 4 heteroatoms. The Morgan fingerprint density at radius 2 is 1.05 bits per heavy atom. The number of furan rings is 2. The molecule has 5 aromatic rings. The van der Waals surface area contributed by atoms with Gasteiger partial charge in [-0.3, -0.25) is 0 Å². The van der Waals surface area contributed by atoms with Crippen LogP contribution in [-0.4, -0.2) is 9.97 Å². The molecule has 0 aliphatic heterocycles. The highest BCUT2D eigenvalue weighted by Crippen LogP contribution is 2.31. The van der Waals surface area contributed by atoms with E-state index in [0.29, 0.717) is 11.4 Å². The highest BCUT2D eigenvalue weighted by molar-refractivity contribution is 6.07. The van der Waals surface area contributed by atoms with Crippen molar-refractivity contribution in [3.63, 3.8) is 0 Å². The first-order valence-corrected chi connectivity index (χ1v) is 6.37. The number of fused-ring (bicyclic) bond motifs is 6. The molecule has 0 amide bonds. The second-order valence-corrected chi connectivity index (χ2v) is 4.73. The molecule has 0 bridgehead atoms. The number of hydrogen-bond donors (Lipinski definition) is 0. The van der Waals surface area contributed by atoms with Gasteiger partial charge in [-0.1, -0.05) is 24.3 Å². The quantitative estimate of drug-likeness (QED) is 0.417. The molecule has 5 rings (SSSR count). The maximum Gasteiger partial charge on any atom is 0.247 e. The van der Waals surface area contributed by atoms with Crippen LogP contribution in [0.15, 0.2) is 57.4 Å². The Balaban J connectivity index is 2.05. The van der Waals surface area contributed by atoms with E-state index in [1.54, 1.807) is 0 Å². The van der Waals surface area contributed by atoms with Crippen molar-refractivity contribution in [1.29, 1.82) is 0 Å². The summed E-state index contributed by atoms with van der Waals surface area (Å²) in [6.45, 7) is 0. The minimum Gasteiger partial charge on any atom is -0.436 e. The van der Waals surface area contributed by atoms with E-state index in [2.05, 4.69) is 9.97 Å². The van der Waals surface area contributed by atoms with Crippen molar-refractivity contribution in [2.45, 2.75) is 0 Å². The molecule has 94 valence electrons. The van der Waals surface area contributed by atoms with Crippen molar-refractivity contribution >= 4 is 44.4 Å². The molecule has 3 aromatic heterocycles. The molecular formula is C16H8N2O2. The van der Waals surface area contributed by atoms with E-state index in [0.717, 1.165) is 33.0 Å². The average Bonchev–Trinajstić information content (AvgIpc) is 3.02. The minimum atomic E-state index is 0.547. The van der Waals surface area contributed by atoms with Gasteiger partial charge in [0.1, 0.15) is 22.2 Å². The Bertz CT molecular complexity index is 1010. The molecule has 0 radical (unpaired) electrons. The van der Waals surface area contributed by atoms with Crippen LogP contribution in [0.1, 0.15) is 0 Å². The van der Waals surface area contributed by atoms with E-state index >= 15 is 0 Å². The van der Waals surface area contributed by atoms with Crippen LogP contribution in [-0.2, 0) is 0 Å². The van der Waals surface area contributed by atoms with Gasteiger partial charge in [0.05, 0.1) is 0 Å². The third kappa shape index (κ3) is 1.15. The minimum absolute atomic E-state index is 0.547. The van der Waals surface area contributed by atoms with Crippen LogP contribution < -0.4 is 0 Å². The molecule has 0 spiro atoms. The molecule has 0 atom stereocenters. The van der Waals surface area contributed by atoms with Crippen LogP contribution in [0.3, 0.4) is 0 Å². The van der Waals surface area contributed by atoms with Gasteiger partial charge < -0.3 is 8.83 Å². The van der Waals surface area contributed by atoms with Crippen molar-refractivity contribution in [1.82, 2.24) is 9.97 Å². The summed E-state index contributed by atoms with van der Waals surface area (Å²) in [5, 5.41) is 1.91. The number of para-hydroxylation sites is 2. The van der Waals surface area contributed by atoms with Crippen LogP contribution in [0.4, 0.5) is 0 Å². The summed E-state index contributed by atoms with van der Waals surface area (Å²) in [4.78, 5) is 9.16. The van der Waals surface area contributed by atoms with Gasteiger partial charge in [0.25, 0.3) is 0 Å². The number of rotatable bonds is 0. The first-order chi connectivity index (χ1) is 9.90. The zero-order chi connectivity index (χ0) is 13.1. The monoisotopic (exact) mass is 260 g/mol. The fourth-order valence-electron chi connectivity index (χ4n) is 2.61. The van der Waals surface area contributed by atoms with Crippen molar-refractivity contribution in [3.05, 3.63) is 48.5 Å². The predicted octanol–water partition coefficient (Wildman–Crippen LogP) is 4.28. The molecule has 0 N–H and O–H groups in total. The van der Waals surface area contributed by atoms with Crippen LogP contribution in [0.5, 0.6) is 0 Å². The Kier molecular flexibility index (Phi) is 1.68. The number of benzene rings is 2. The van der Waals surface area contributed by atoms with Crippen LogP contribution in [0.2, 0.25) is 0 Å². The summed E-state index contributed by atoms with van der Waals surface area (Å²) in [5.74, 6) is 0. The normalized spacial score (nSPS) is 12.0. The van der Waals surface area contributed by atoms with Gasteiger partial charge in [-0.25, -0.2) is 9.97 Å².